The summed E-state index contributed by atoms with van der Waals surface area (Å²) in [6.07, 6.45) is 2.56. The Morgan fingerprint density at radius 3 is 2.53 bits per heavy atom. The molecule has 0 saturated heterocycles. The molecule has 1 amide bonds. The second-order valence-electron chi connectivity index (χ2n) is 5.19. The van der Waals surface area contributed by atoms with Crippen LogP contribution < -0.4 is 0 Å². The molecule has 104 valence electrons. The summed E-state index contributed by atoms with van der Waals surface area (Å²) in [6, 6.07) is 7.88. The van der Waals surface area contributed by atoms with Crippen LogP contribution in [-0.2, 0) is 17.2 Å². The van der Waals surface area contributed by atoms with Gasteiger partial charge in [0.25, 0.3) is 0 Å². The first-order valence-electron chi connectivity index (χ1n) is 6.69. The second-order valence-corrected chi connectivity index (χ2v) is 6.17. The van der Waals surface area contributed by atoms with E-state index in [1.807, 2.05) is 36.2 Å². The molecule has 1 aliphatic rings. The van der Waals surface area contributed by atoms with Gasteiger partial charge in [-0.15, -0.1) is 11.8 Å². The first-order chi connectivity index (χ1) is 9.19. The van der Waals surface area contributed by atoms with Crippen LogP contribution in [0.2, 0.25) is 0 Å². The highest BCUT2D eigenvalue weighted by molar-refractivity contribution is 7.99. The van der Waals surface area contributed by atoms with Gasteiger partial charge in [0.05, 0.1) is 12.4 Å². The zero-order valence-corrected chi connectivity index (χ0v) is 12.2. The molecule has 0 spiro atoms. The Kier molecular flexibility index (Phi) is 5.28. The first-order valence-corrected chi connectivity index (χ1v) is 7.85. The maximum absolute atomic E-state index is 11.9. The Balaban J connectivity index is 1.68. The van der Waals surface area contributed by atoms with E-state index in [-0.39, 0.29) is 12.5 Å². The number of hydrogen-bond donors (Lipinski definition) is 1. The summed E-state index contributed by atoms with van der Waals surface area (Å²) in [6.45, 7) is 1.00. The summed E-state index contributed by atoms with van der Waals surface area (Å²) in [7, 11) is 1.90. The van der Waals surface area contributed by atoms with Crippen LogP contribution in [0.15, 0.2) is 24.3 Å². The van der Waals surface area contributed by atoms with Gasteiger partial charge in [-0.05, 0) is 29.9 Å². The molecule has 0 unspecified atom stereocenters. The van der Waals surface area contributed by atoms with Crippen molar-refractivity contribution in [2.24, 2.45) is 5.92 Å². The Hall–Kier alpha value is -1.00. The summed E-state index contributed by atoms with van der Waals surface area (Å²) in [5.41, 5.74) is 2.12. The minimum Gasteiger partial charge on any atom is -0.392 e. The maximum Gasteiger partial charge on any atom is 0.232 e. The molecule has 0 bridgehead atoms. The van der Waals surface area contributed by atoms with Crippen molar-refractivity contribution >= 4 is 17.7 Å². The monoisotopic (exact) mass is 279 g/mol. The van der Waals surface area contributed by atoms with Crippen LogP contribution in [0.3, 0.4) is 0 Å². The van der Waals surface area contributed by atoms with Crippen molar-refractivity contribution in [3.05, 3.63) is 35.4 Å². The molecule has 1 fully saturated rings. The lowest BCUT2D eigenvalue weighted by molar-refractivity contribution is -0.127. The fourth-order valence-electron chi connectivity index (χ4n) is 1.90. The van der Waals surface area contributed by atoms with Crippen molar-refractivity contribution in [1.82, 2.24) is 4.90 Å². The molecule has 2 rings (SSSR count). The van der Waals surface area contributed by atoms with Gasteiger partial charge in [-0.1, -0.05) is 24.3 Å². The summed E-state index contributed by atoms with van der Waals surface area (Å²) in [4.78, 5) is 13.7. The van der Waals surface area contributed by atoms with Gasteiger partial charge >= 0.3 is 0 Å². The number of carbonyl (C=O) groups is 1. The molecular weight excluding hydrogens is 258 g/mol. The quantitative estimate of drug-likeness (QED) is 0.832. The molecule has 0 aromatic heterocycles. The molecule has 0 aliphatic heterocycles. The predicted octanol–water partition coefficient (Wildman–Crippen LogP) is 2.28. The molecule has 0 heterocycles. The topological polar surface area (TPSA) is 40.5 Å². The molecule has 0 radical (unpaired) electrons. The normalized spacial score (nSPS) is 14.4. The average molecular weight is 279 g/mol. The van der Waals surface area contributed by atoms with Crippen molar-refractivity contribution in [2.45, 2.75) is 25.2 Å². The van der Waals surface area contributed by atoms with Crippen LogP contribution in [0.25, 0.3) is 0 Å². The summed E-state index contributed by atoms with van der Waals surface area (Å²) in [5, 5.41) is 8.96. The molecule has 1 saturated carbocycles. The average Bonchev–Trinajstić information content (AvgIpc) is 3.23. The third-order valence-corrected chi connectivity index (χ3v) is 4.34. The van der Waals surface area contributed by atoms with E-state index in [9.17, 15) is 4.79 Å². The number of amides is 1. The van der Waals surface area contributed by atoms with Crippen LogP contribution in [0.4, 0.5) is 0 Å². The van der Waals surface area contributed by atoms with Gasteiger partial charge in [0, 0.05) is 19.3 Å². The molecule has 3 nitrogen and oxygen atoms in total. The van der Waals surface area contributed by atoms with Gasteiger partial charge in [-0.3, -0.25) is 4.79 Å². The fourth-order valence-corrected chi connectivity index (χ4v) is 2.82. The molecule has 19 heavy (non-hydrogen) atoms. The number of nitrogens with zero attached hydrogens (tertiary/aromatic N) is 1. The zero-order chi connectivity index (χ0) is 13.7. The van der Waals surface area contributed by atoms with Gasteiger partial charge in [0.1, 0.15) is 0 Å². The van der Waals surface area contributed by atoms with Gasteiger partial charge < -0.3 is 10.0 Å². The molecule has 4 heteroatoms. The molecular formula is C15H21NO2S. The highest BCUT2D eigenvalue weighted by atomic mass is 32.2. The zero-order valence-electron chi connectivity index (χ0n) is 11.3. The third kappa shape index (κ3) is 4.88. The fraction of sp³-hybridized carbons (Fsp3) is 0.533. The van der Waals surface area contributed by atoms with Crippen LogP contribution >= 0.6 is 11.8 Å². The summed E-state index contributed by atoms with van der Waals surface area (Å²) >= 11 is 1.65. The van der Waals surface area contributed by atoms with Crippen LogP contribution in [0.5, 0.6) is 0 Å². The van der Waals surface area contributed by atoms with Gasteiger partial charge in [0.15, 0.2) is 0 Å². The molecule has 1 aromatic rings. The lowest BCUT2D eigenvalue weighted by Gasteiger charge is -2.16. The summed E-state index contributed by atoms with van der Waals surface area (Å²) < 4.78 is 0. The van der Waals surface area contributed by atoms with Gasteiger partial charge in [-0.25, -0.2) is 0 Å². The van der Waals surface area contributed by atoms with E-state index in [0.717, 1.165) is 23.8 Å². The predicted molar refractivity (Wildman–Crippen MR) is 78.9 cm³/mol. The Morgan fingerprint density at radius 2 is 1.95 bits per heavy atom. The molecule has 0 atom stereocenters. The number of carbonyl (C=O) groups excluding carboxylic acids is 1. The maximum atomic E-state index is 11.9. The van der Waals surface area contributed by atoms with Crippen LogP contribution in [0, 0.1) is 5.92 Å². The van der Waals surface area contributed by atoms with Gasteiger partial charge in [0.2, 0.25) is 5.91 Å². The van der Waals surface area contributed by atoms with E-state index in [1.54, 1.807) is 11.8 Å². The van der Waals surface area contributed by atoms with E-state index in [0.29, 0.717) is 5.75 Å². The number of thioether (sulfide) groups is 1. The van der Waals surface area contributed by atoms with E-state index in [2.05, 4.69) is 0 Å². The molecule has 1 aliphatic carbocycles. The van der Waals surface area contributed by atoms with Crippen molar-refractivity contribution in [3.63, 3.8) is 0 Å². The summed E-state index contributed by atoms with van der Waals surface area (Å²) in [5.74, 6) is 2.37. The first kappa shape index (κ1) is 14.4. The highest BCUT2D eigenvalue weighted by Gasteiger charge is 2.24. The lowest BCUT2D eigenvalue weighted by Crippen LogP contribution is -2.30. The Labute approximate surface area is 119 Å². The van der Waals surface area contributed by atoms with E-state index in [1.165, 1.54) is 18.4 Å². The minimum atomic E-state index is 0.0812. The number of aliphatic hydroxyl groups excluding tert-OH is 1. The SMILES string of the molecule is CN(CC1CC1)C(=O)CSCc1ccc(CO)cc1. The number of rotatable bonds is 7. The van der Waals surface area contributed by atoms with Crippen molar-refractivity contribution in [2.75, 3.05) is 19.3 Å². The van der Waals surface area contributed by atoms with Crippen LogP contribution in [-0.4, -0.2) is 35.3 Å². The van der Waals surface area contributed by atoms with Crippen LogP contribution in [0.1, 0.15) is 24.0 Å². The molecule has 1 aromatic carbocycles. The van der Waals surface area contributed by atoms with Crippen molar-refractivity contribution in [3.8, 4) is 0 Å². The minimum absolute atomic E-state index is 0.0812. The standard InChI is InChI=1S/C15H21NO2S/c1-16(8-12-2-3-12)15(18)11-19-10-14-6-4-13(9-17)5-7-14/h4-7,12,17H,2-3,8-11H2,1H3. The van der Waals surface area contributed by atoms with E-state index in [4.69, 9.17) is 5.11 Å². The van der Waals surface area contributed by atoms with E-state index >= 15 is 0 Å². The number of aliphatic hydroxyl groups is 1. The lowest BCUT2D eigenvalue weighted by atomic mass is 10.2. The Bertz CT molecular complexity index is 415. The third-order valence-electron chi connectivity index (χ3n) is 3.35. The number of benzene rings is 1. The Morgan fingerprint density at radius 1 is 1.32 bits per heavy atom. The highest BCUT2D eigenvalue weighted by Crippen LogP contribution is 2.29. The van der Waals surface area contributed by atoms with Crippen molar-refractivity contribution in [1.29, 1.82) is 0 Å². The van der Waals surface area contributed by atoms with E-state index < -0.39 is 0 Å². The molecule has 1 N–H and O–H groups in total. The van der Waals surface area contributed by atoms with Crippen molar-refractivity contribution < 1.29 is 9.90 Å². The second kappa shape index (κ2) is 6.96. The largest absolute Gasteiger partial charge is 0.392 e. The smallest absolute Gasteiger partial charge is 0.232 e. The van der Waals surface area contributed by atoms with Gasteiger partial charge in [-0.2, -0.15) is 0 Å². The number of hydrogen-bond acceptors (Lipinski definition) is 3.